The number of amides is 2. The number of hydrogen-bond acceptors (Lipinski definition) is 7. The van der Waals surface area contributed by atoms with Crippen LogP contribution in [-0.2, 0) is 25.9 Å². The second-order valence-corrected chi connectivity index (χ2v) is 13.3. The highest BCUT2D eigenvalue weighted by Gasteiger charge is 2.29. The number of halogens is 2. The number of carbonyl (C=O) groups is 2. The largest absolute Gasteiger partial charge is 0.443 e. The molecule has 1 N–H and O–H groups in total. The second kappa shape index (κ2) is 13.8. The molecular weight excluding hydrogens is 575 g/mol. The van der Waals surface area contributed by atoms with Crippen LogP contribution in [0, 0.1) is 0 Å². The van der Waals surface area contributed by atoms with Gasteiger partial charge in [0.25, 0.3) is 0 Å². The number of nitrogens with one attached hydrogen (secondary N) is 1. The van der Waals surface area contributed by atoms with Crippen LogP contribution in [0.5, 0.6) is 0 Å². The van der Waals surface area contributed by atoms with Gasteiger partial charge >= 0.3 is 6.09 Å². The smallest absolute Gasteiger partial charge is 0.416 e. The molecule has 0 unspecified atom stereocenters. The molecule has 0 spiro atoms. The average Bonchev–Trinajstić information content (AvgIpc) is 3.37. The first kappa shape index (κ1) is 31.9. The van der Waals surface area contributed by atoms with Crippen molar-refractivity contribution in [2.24, 2.45) is 4.99 Å². The van der Waals surface area contributed by atoms with Crippen LogP contribution in [0.15, 0.2) is 52.4 Å². The van der Waals surface area contributed by atoms with Crippen molar-refractivity contribution in [1.82, 2.24) is 15.1 Å². The summed E-state index contributed by atoms with van der Waals surface area (Å²) in [6.45, 7) is 7.37. The minimum Gasteiger partial charge on any atom is -0.443 e. The molecule has 0 radical (unpaired) electrons. The molecule has 12 heteroatoms. The first-order valence-corrected chi connectivity index (χ1v) is 15.4. The predicted molar refractivity (Wildman–Crippen MR) is 158 cm³/mol. The van der Waals surface area contributed by atoms with Gasteiger partial charge in [0.1, 0.15) is 17.3 Å². The zero-order chi connectivity index (χ0) is 29.5. The van der Waals surface area contributed by atoms with Gasteiger partial charge in [-0.2, -0.15) is 0 Å². The third-order valence-electron chi connectivity index (χ3n) is 6.05. The molecule has 9 nitrogen and oxygen atoms in total. The van der Waals surface area contributed by atoms with Gasteiger partial charge in [-0.05, 0) is 57.9 Å². The Bertz CT molecular complexity index is 1340. The van der Waals surface area contributed by atoms with Gasteiger partial charge in [-0.3, -0.25) is 14.7 Å². The van der Waals surface area contributed by atoms with Gasteiger partial charge in [-0.1, -0.05) is 53.5 Å². The molecule has 0 aliphatic carbocycles. The van der Waals surface area contributed by atoms with Gasteiger partial charge < -0.3 is 15.0 Å². The van der Waals surface area contributed by atoms with E-state index in [1.54, 1.807) is 22.9 Å². The minimum absolute atomic E-state index is 0.00123. The van der Waals surface area contributed by atoms with E-state index < -0.39 is 21.5 Å². The quantitative estimate of drug-likeness (QED) is 0.353. The normalized spacial score (nSPS) is 13.8. The van der Waals surface area contributed by atoms with Gasteiger partial charge in [0.2, 0.25) is 5.91 Å². The van der Waals surface area contributed by atoms with Gasteiger partial charge in [-0.25, -0.2) is 13.2 Å². The van der Waals surface area contributed by atoms with Gasteiger partial charge in [0.15, 0.2) is 9.84 Å². The third-order valence-corrected chi connectivity index (χ3v) is 8.58. The highest BCUT2D eigenvalue weighted by molar-refractivity contribution is 7.91. The predicted octanol–water partition coefficient (Wildman–Crippen LogP) is 5.14. The number of carbonyl (C=O) groups excluding carboxylic acids is 2. The molecule has 2 amide bonds. The Morgan fingerprint density at radius 2 is 1.80 bits per heavy atom. The van der Waals surface area contributed by atoms with E-state index in [2.05, 4.69) is 10.3 Å². The van der Waals surface area contributed by atoms with Crippen molar-refractivity contribution in [3.63, 3.8) is 0 Å². The average molecular weight is 612 g/mol. The standard InChI is InChI=1S/C28H36Cl2N4O5S/c1-28(2,3)39-27(36)34-17-16-32-26(34)21-13-11-20(12-14-21)18-33(4)24(35)10-5-6-15-31-19-40(37,38)23-9-7-8-22(29)25(23)30/h7-9,11-14,31H,5-6,10,15-19H2,1-4H3. The Balaban J connectivity index is 1.41. The number of ether oxygens (including phenoxy) is 1. The van der Waals surface area contributed by atoms with Crippen LogP contribution in [0.4, 0.5) is 4.79 Å². The van der Waals surface area contributed by atoms with E-state index in [1.807, 2.05) is 45.0 Å². The van der Waals surface area contributed by atoms with Gasteiger partial charge in [0, 0.05) is 25.6 Å². The molecule has 0 atom stereocenters. The summed E-state index contributed by atoms with van der Waals surface area (Å²) in [4.78, 5) is 32.8. The maximum atomic E-state index is 12.6. The molecule has 1 heterocycles. The lowest BCUT2D eigenvalue weighted by atomic mass is 10.1. The summed E-state index contributed by atoms with van der Waals surface area (Å²) in [5.41, 5.74) is 1.18. The van der Waals surface area contributed by atoms with E-state index in [9.17, 15) is 18.0 Å². The molecule has 0 bridgehead atoms. The highest BCUT2D eigenvalue weighted by Crippen LogP contribution is 2.29. The maximum Gasteiger partial charge on any atom is 0.416 e. The van der Waals surface area contributed by atoms with Crippen LogP contribution in [-0.4, -0.2) is 74.2 Å². The summed E-state index contributed by atoms with van der Waals surface area (Å²) in [5, 5.41) is 3.11. The first-order chi connectivity index (χ1) is 18.8. The van der Waals surface area contributed by atoms with E-state index in [0.29, 0.717) is 51.3 Å². The fraction of sp³-hybridized carbons (Fsp3) is 0.464. The van der Waals surface area contributed by atoms with Crippen molar-refractivity contribution < 1.29 is 22.7 Å². The summed E-state index contributed by atoms with van der Waals surface area (Å²) in [5.74, 6) is 0.319. The molecule has 0 saturated heterocycles. The molecule has 1 aliphatic heterocycles. The molecule has 2 aromatic rings. The Morgan fingerprint density at radius 3 is 2.48 bits per heavy atom. The monoisotopic (exact) mass is 610 g/mol. The summed E-state index contributed by atoms with van der Waals surface area (Å²) >= 11 is 12.0. The Hall–Kier alpha value is -2.66. The Morgan fingerprint density at radius 1 is 1.10 bits per heavy atom. The summed E-state index contributed by atoms with van der Waals surface area (Å²) in [6.07, 6.45) is 1.20. The fourth-order valence-corrected chi connectivity index (χ4v) is 5.98. The topological polar surface area (TPSA) is 108 Å². The van der Waals surface area contributed by atoms with Gasteiger partial charge in [-0.15, -0.1) is 0 Å². The SMILES string of the molecule is CN(Cc1ccc(C2=NCCN2C(=O)OC(C)(C)C)cc1)C(=O)CCCCNCS(=O)(=O)c1cccc(Cl)c1Cl. The highest BCUT2D eigenvalue weighted by atomic mass is 35.5. The van der Waals surface area contributed by atoms with E-state index in [0.717, 1.165) is 11.1 Å². The number of sulfone groups is 1. The molecule has 3 rings (SSSR count). The summed E-state index contributed by atoms with van der Waals surface area (Å²) in [6, 6.07) is 12.1. The molecule has 1 aliphatic rings. The van der Waals surface area contributed by atoms with Crippen molar-refractivity contribution in [3.8, 4) is 0 Å². The lowest BCUT2D eigenvalue weighted by molar-refractivity contribution is -0.130. The summed E-state index contributed by atoms with van der Waals surface area (Å²) in [7, 11) is -1.87. The molecule has 218 valence electrons. The van der Waals surface area contributed by atoms with Crippen LogP contribution >= 0.6 is 23.2 Å². The number of nitrogens with zero attached hydrogens (tertiary/aromatic N) is 3. The first-order valence-electron chi connectivity index (χ1n) is 13.0. The van der Waals surface area contributed by atoms with Crippen LogP contribution < -0.4 is 5.32 Å². The Labute approximate surface area is 246 Å². The molecule has 0 aromatic heterocycles. The lowest BCUT2D eigenvalue weighted by Crippen LogP contribution is -2.39. The number of rotatable bonds is 11. The number of amidine groups is 1. The number of benzene rings is 2. The Kier molecular flexibility index (Phi) is 11.0. The fourth-order valence-electron chi connectivity index (χ4n) is 4.04. The number of unbranched alkanes of at least 4 members (excludes halogenated alkanes) is 1. The maximum absolute atomic E-state index is 12.6. The van der Waals surface area contributed by atoms with Crippen molar-refractivity contribution >= 4 is 50.9 Å². The zero-order valence-corrected chi connectivity index (χ0v) is 25.6. The molecule has 40 heavy (non-hydrogen) atoms. The van der Waals surface area contributed by atoms with Gasteiger partial charge in [0.05, 0.1) is 28.0 Å². The van der Waals surface area contributed by atoms with E-state index >= 15 is 0 Å². The van der Waals surface area contributed by atoms with Crippen LogP contribution in [0.1, 0.15) is 51.2 Å². The van der Waals surface area contributed by atoms with E-state index in [4.69, 9.17) is 27.9 Å². The molecule has 0 fully saturated rings. The third kappa shape index (κ3) is 8.92. The molecular formula is C28H36Cl2N4O5S. The van der Waals surface area contributed by atoms with Crippen LogP contribution in [0.3, 0.4) is 0 Å². The van der Waals surface area contributed by atoms with E-state index in [1.165, 1.54) is 12.1 Å². The van der Waals surface area contributed by atoms with Crippen molar-refractivity contribution in [1.29, 1.82) is 0 Å². The minimum atomic E-state index is -3.62. The van der Waals surface area contributed by atoms with Crippen molar-refractivity contribution in [2.75, 3.05) is 32.6 Å². The van der Waals surface area contributed by atoms with Crippen LogP contribution in [0.25, 0.3) is 0 Å². The molecule has 2 aromatic carbocycles. The zero-order valence-electron chi connectivity index (χ0n) is 23.2. The van der Waals surface area contributed by atoms with Crippen molar-refractivity contribution in [2.45, 2.75) is 57.1 Å². The van der Waals surface area contributed by atoms with Crippen molar-refractivity contribution in [3.05, 3.63) is 63.6 Å². The summed E-state index contributed by atoms with van der Waals surface area (Å²) < 4.78 is 30.5. The number of hydrogen-bond donors (Lipinski definition) is 1. The lowest BCUT2D eigenvalue weighted by Gasteiger charge is -2.25. The molecule has 0 saturated carbocycles. The van der Waals surface area contributed by atoms with Crippen LogP contribution in [0.2, 0.25) is 10.0 Å². The second-order valence-electron chi connectivity index (χ2n) is 10.6. The number of aliphatic imine (C=N–C) groups is 1. The van der Waals surface area contributed by atoms with E-state index in [-0.39, 0.29) is 26.7 Å².